The number of halogens is 1. The Morgan fingerprint density at radius 1 is 1.11 bits per heavy atom. The smallest absolute Gasteiger partial charge is 0.247 e. The first-order valence-electron chi connectivity index (χ1n) is 10.4. The fourth-order valence-electron chi connectivity index (χ4n) is 3.82. The van der Waals surface area contributed by atoms with Gasteiger partial charge in [-0.3, -0.25) is 9.59 Å². The number of amides is 2. The third kappa shape index (κ3) is 6.84. The third-order valence-corrected chi connectivity index (χ3v) is 5.54. The molecular formula is C22H33ClN2O2. The summed E-state index contributed by atoms with van der Waals surface area (Å²) in [5, 5.41) is 3.20. The second kappa shape index (κ2) is 12.0. The van der Waals surface area contributed by atoms with Gasteiger partial charge in [-0.1, -0.05) is 75.8 Å². The second-order valence-corrected chi connectivity index (χ2v) is 7.71. The van der Waals surface area contributed by atoms with E-state index in [4.69, 9.17) is 11.6 Å². The molecule has 1 saturated carbocycles. The van der Waals surface area contributed by atoms with E-state index >= 15 is 0 Å². The SMILES string of the molecule is CCCCCCN(C(=O)CCl)C(C(=O)NC1CCCCC1)c1ccccc1. The average molecular weight is 393 g/mol. The normalized spacial score (nSPS) is 15.9. The third-order valence-electron chi connectivity index (χ3n) is 5.31. The largest absolute Gasteiger partial charge is 0.351 e. The molecule has 1 atom stereocenters. The monoisotopic (exact) mass is 392 g/mol. The molecule has 2 amide bonds. The van der Waals surface area contributed by atoms with Crippen LogP contribution in [0.25, 0.3) is 0 Å². The highest BCUT2D eigenvalue weighted by molar-refractivity contribution is 6.27. The van der Waals surface area contributed by atoms with Crippen molar-refractivity contribution in [3.8, 4) is 0 Å². The summed E-state index contributed by atoms with van der Waals surface area (Å²) in [6.07, 6.45) is 9.79. The van der Waals surface area contributed by atoms with Crippen LogP contribution in [0.1, 0.15) is 76.3 Å². The molecule has 2 rings (SSSR count). The Morgan fingerprint density at radius 2 is 1.81 bits per heavy atom. The number of alkyl halides is 1. The summed E-state index contributed by atoms with van der Waals surface area (Å²) < 4.78 is 0. The molecule has 1 aromatic rings. The van der Waals surface area contributed by atoms with E-state index < -0.39 is 6.04 Å². The Morgan fingerprint density at radius 3 is 2.44 bits per heavy atom. The Kier molecular flexibility index (Phi) is 9.68. The highest BCUT2D eigenvalue weighted by Gasteiger charge is 2.32. The molecule has 0 aromatic heterocycles. The Bertz CT molecular complexity index is 573. The molecule has 0 bridgehead atoms. The zero-order valence-electron chi connectivity index (χ0n) is 16.5. The van der Waals surface area contributed by atoms with E-state index in [0.717, 1.165) is 56.9 Å². The van der Waals surface area contributed by atoms with E-state index in [1.807, 2.05) is 30.3 Å². The summed E-state index contributed by atoms with van der Waals surface area (Å²) in [7, 11) is 0. The number of benzene rings is 1. The number of hydrogen-bond donors (Lipinski definition) is 1. The molecule has 1 N–H and O–H groups in total. The van der Waals surface area contributed by atoms with Crippen LogP contribution >= 0.6 is 11.6 Å². The lowest BCUT2D eigenvalue weighted by Crippen LogP contribution is -2.47. The minimum absolute atomic E-state index is 0.0814. The van der Waals surface area contributed by atoms with Gasteiger partial charge in [-0.2, -0.15) is 0 Å². The second-order valence-electron chi connectivity index (χ2n) is 7.44. The number of unbranched alkanes of at least 4 members (excludes halogenated alkanes) is 3. The number of carbonyl (C=O) groups is 2. The van der Waals surface area contributed by atoms with Crippen molar-refractivity contribution < 1.29 is 9.59 Å². The van der Waals surface area contributed by atoms with Crippen molar-refractivity contribution in [1.29, 1.82) is 0 Å². The van der Waals surface area contributed by atoms with Crippen molar-refractivity contribution in [2.24, 2.45) is 0 Å². The molecule has 0 saturated heterocycles. The van der Waals surface area contributed by atoms with Gasteiger partial charge in [0.1, 0.15) is 11.9 Å². The average Bonchev–Trinajstić information content (AvgIpc) is 2.71. The van der Waals surface area contributed by atoms with Crippen LogP contribution in [0.5, 0.6) is 0 Å². The van der Waals surface area contributed by atoms with E-state index in [0.29, 0.717) is 6.54 Å². The zero-order chi connectivity index (χ0) is 19.5. The predicted molar refractivity (Wildman–Crippen MR) is 111 cm³/mol. The van der Waals surface area contributed by atoms with Crippen molar-refractivity contribution in [3.63, 3.8) is 0 Å². The van der Waals surface area contributed by atoms with Gasteiger partial charge in [-0.25, -0.2) is 0 Å². The van der Waals surface area contributed by atoms with Crippen molar-refractivity contribution >= 4 is 23.4 Å². The molecule has 0 spiro atoms. The molecule has 0 radical (unpaired) electrons. The number of hydrogen-bond acceptors (Lipinski definition) is 2. The van der Waals surface area contributed by atoms with E-state index in [9.17, 15) is 9.59 Å². The lowest BCUT2D eigenvalue weighted by Gasteiger charge is -2.33. The maximum atomic E-state index is 13.2. The molecule has 1 aliphatic rings. The van der Waals surface area contributed by atoms with E-state index in [-0.39, 0.29) is 23.7 Å². The lowest BCUT2D eigenvalue weighted by atomic mass is 9.94. The van der Waals surface area contributed by atoms with E-state index in [1.165, 1.54) is 6.42 Å². The number of carbonyl (C=O) groups excluding carboxylic acids is 2. The van der Waals surface area contributed by atoms with Crippen molar-refractivity contribution in [1.82, 2.24) is 10.2 Å². The standard InChI is InChI=1S/C22H33ClN2O2/c1-2-3-4-11-16-25(20(26)17-23)21(18-12-7-5-8-13-18)22(27)24-19-14-9-6-10-15-19/h5,7-8,12-13,19,21H,2-4,6,9-11,14-17H2,1H3,(H,24,27). The van der Waals surface area contributed by atoms with Crippen LogP contribution in [0.2, 0.25) is 0 Å². The molecule has 0 heterocycles. The Labute approximate surface area is 168 Å². The number of nitrogens with zero attached hydrogens (tertiary/aromatic N) is 1. The minimum Gasteiger partial charge on any atom is -0.351 e. The zero-order valence-corrected chi connectivity index (χ0v) is 17.2. The van der Waals surface area contributed by atoms with Crippen LogP contribution in [0.4, 0.5) is 0 Å². The summed E-state index contributed by atoms with van der Waals surface area (Å²) >= 11 is 5.89. The van der Waals surface area contributed by atoms with Crippen LogP contribution in [-0.4, -0.2) is 35.2 Å². The molecule has 4 nitrogen and oxygen atoms in total. The fraction of sp³-hybridized carbons (Fsp3) is 0.636. The first-order valence-corrected chi connectivity index (χ1v) is 10.9. The molecule has 1 fully saturated rings. The molecule has 0 aliphatic heterocycles. The maximum absolute atomic E-state index is 13.2. The highest BCUT2D eigenvalue weighted by Crippen LogP contribution is 2.25. The van der Waals surface area contributed by atoms with E-state index in [1.54, 1.807) is 4.90 Å². The topological polar surface area (TPSA) is 49.4 Å². The summed E-state index contributed by atoms with van der Waals surface area (Å²) in [4.78, 5) is 27.5. The van der Waals surface area contributed by atoms with Crippen LogP contribution in [0.3, 0.4) is 0 Å². The molecule has 1 aliphatic carbocycles. The van der Waals surface area contributed by atoms with Gasteiger partial charge in [0.25, 0.3) is 0 Å². The van der Waals surface area contributed by atoms with Crippen molar-refractivity contribution in [3.05, 3.63) is 35.9 Å². The quantitative estimate of drug-likeness (QED) is 0.458. The van der Waals surface area contributed by atoms with Crippen LogP contribution in [-0.2, 0) is 9.59 Å². The van der Waals surface area contributed by atoms with Crippen molar-refractivity contribution in [2.75, 3.05) is 12.4 Å². The highest BCUT2D eigenvalue weighted by atomic mass is 35.5. The van der Waals surface area contributed by atoms with Gasteiger partial charge >= 0.3 is 0 Å². The number of nitrogens with one attached hydrogen (secondary N) is 1. The van der Waals surface area contributed by atoms with Crippen molar-refractivity contribution in [2.45, 2.75) is 76.8 Å². The first kappa shape index (κ1) is 21.7. The lowest BCUT2D eigenvalue weighted by molar-refractivity contribution is -0.139. The molecule has 5 heteroatoms. The maximum Gasteiger partial charge on any atom is 0.247 e. The summed E-state index contributed by atoms with van der Waals surface area (Å²) in [5.41, 5.74) is 0.847. The van der Waals surface area contributed by atoms with Gasteiger partial charge in [-0.15, -0.1) is 11.6 Å². The van der Waals surface area contributed by atoms with Crippen LogP contribution < -0.4 is 5.32 Å². The van der Waals surface area contributed by atoms with Gasteiger partial charge in [0.15, 0.2) is 0 Å². The van der Waals surface area contributed by atoms with Crippen LogP contribution in [0.15, 0.2) is 30.3 Å². The van der Waals surface area contributed by atoms with Gasteiger partial charge in [-0.05, 0) is 24.8 Å². The molecule has 1 unspecified atom stereocenters. The predicted octanol–water partition coefficient (Wildman–Crippen LogP) is 4.82. The first-order chi connectivity index (χ1) is 13.2. The summed E-state index contributed by atoms with van der Waals surface area (Å²) in [6.45, 7) is 2.72. The molecule has 1 aromatic carbocycles. The molecular weight excluding hydrogens is 360 g/mol. The molecule has 150 valence electrons. The van der Waals surface area contributed by atoms with Gasteiger partial charge in [0.05, 0.1) is 0 Å². The Balaban J connectivity index is 2.19. The Hall–Kier alpha value is -1.55. The minimum atomic E-state index is -0.610. The van der Waals surface area contributed by atoms with E-state index in [2.05, 4.69) is 12.2 Å². The van der Waals surface area contributed by atoms with Gasteiger partial charge in [0.2, 0.25) is 11.8 Å². The van der Waals surface area contributed by atoms with Gasteiger partial charge < -0.3 is 10.2 Å². The fourth-order valence-corrected chi connectivity index (χ4v) is 3.97. The van der Waals surface area contributed by atoms with Crippen LogP contribution in [0, 0.1) is 0 Å². The molecule has 27 heavy (non-hydrogen) atoms. The van der Waals surface area contributed by atoms with Gasteiger partial charge in [0, 0.05) is 12.6 Å². The summed E-state index contributed by atoms with van der Waals surface area (Å²) in [6, 6.07) is 9.20. The number of rotatable bonds is 10. The summed E-state index contributed by atoms with van der Waals surface area (Å²) in [5.74, 6) is -0.365.